The molecule has 0 atom stereocenters. The van der Waals surface area contributed by atoms with Crippen molar-refractivity contribution < 1.29 is 0 Å². The van der Waals surface area contributed by atoms with E-state index in [-0.39, 0.29) is 0 Å². The average Bonchev–Trinajstić information content (AvgIpc) is 2.92. The molecule has 1 heterocycles. The van der Waals surface area contributed by atoms with E-state index in [9.17, 15) is 0 Å². The molecule has 4 heteroatoms. The molecule has 0 fully saturated rings. The minimum atomic E-state index is 0.610. The second kappa shape index (κ2) is 6.27. The molecule has 0 saturated carbocycles. The molecule has 0 saturated heterocycles. The van der Waals surface area contributed by atoms with E-state index in [1.807, 2.05) is 29.5 Å². The highest BCUT2D eigenvalue weighted by molar-refractivity contribution is 7.22. The number of thiophene rings is 1. The average molecular weight is 336 g/mol. The molecule has 108 valence electrons. The number of anilines is 1. The molecule has 0 unspecified atom stereocenters. The number of benzene rings is 2. The van der Waals surface area contributed by atoms with Gasteiger partial charge >= 0.3 is 0 Å². The van der Waals surface area contributed by atoms with Crippen LogP contribution in [0.4, 0.5) is 5.00 Å². The lowest BCUT2D eigenvalue weighted by molar-refractivity contribution is 0.885. The lowest BCUT2D eigenvalue weighted by atomic mass is 10.1. The summed E-state index contributed by atoms with van der Waals surface area (Å²) in [5.74, 6) is 0. The number of rotatable bonds is 4. The molecule has 0 amide bonds. The fraction of sp³-hybridized carbons (Fsp3) is 0.176. The van der Waals surface area contributed by atoms with Gasteiger partial charge in [0.05, 0.1) is 15.0 Å². The highest BCUT2D eigenvalue weighted by atomic mass is 35.5. The van der Waals surface area contributed by atoms with Gasteiger partial charge in [-0.15, -0.1) is 11.3 Å². The molecule has 21 heavy (non-hydrogen) atoms. The highest BCUT2D eigenvalue weighted by Gasteiger charge is 2.07. The van der Waals surface area contributed by atoms with Crippen LogP contribution in [0.1, 0.15) is 5.56 Å². The van der Waals surface area contributed by atoms with Gasteiger partial charge < -0.3 is 4.90 Å². The smallest absolute Gasteiger partial charge is 0.0918 e. The minimum absolute atomic E-state index is 0.610. The molecule has 3 aromatic rings. The maximum Gasteiger partial charge on any atom is 0.0918 e. The van der Waals surface area contributed by atoms with Crippen molar-refractivity contribution in [1.29, 1.82) is 0 Å². The van der Waals surface area contributed by atoms with Crippen LogP contribution in [0.2, 0.25) is 10.0 Å². The van der Waals surface area contributed by atoms with E-state index < -0.39 is 0 Å². The van der Waals surface area contributed by atoms with Crippen LogP contribution in [0.5, 0.6) is 0 Å². The molecule has 0 aliphatic heterocycles. The molecule has 0 aliphatic rings. The Hall–Kier alpha value is -1.22. The van der Waals surface area contributed by atoms with Crippen LogP contribution in [-0.4, -0.2) is 13.6 Å². The Balaban J connectivity index is 1.70. The quantitative estimate of drug-likeness (QED) is 0.574. The van der Waals surface area contributed by atoms with E-state index >= 15 is 0 Å². The highest BCUT2D eigenvalue weighted by Crippen LogP contribution is 2.31. The summed E-state index contributed by atoms with van der Waals surface area (Å²) in [5, 5.41) is 3.83. The minimum Gasteiger partial charge on any atom is -0.366 e. The molecule has 0 N–H and O–H groups in total. The van der Waals surface area contributed by atoms with Gasteiger partial charge in [0.25, 0.3) is 0 Å². The Labute approximate surface area is 138 Å². The molecular weight excluding hydrogens is 321 g/mol. The third-order valence-electron chi connectivity index (χ3n) is 3.51. The molecule has 0 aliphatic carbocycles. The number of hydrogen-bond acceptors (Lipinski definition) is 2. The van der Waals surface area contributed by atoms with Crippen LogP contribution in [0.25, 0.3) is 10.1 Å². The Morgan fingerprint density at radius 2 is 1.81 bits per heavy atom. The maximum absolute atomic E-state index is 6.06. The second-order valence-electron chi connectivity index (χ2n) is 5.04. The predicted molar refractivity (Wildman–Crippen MR) is 95.3 cm³/mol. The van der Waals surface area contributed by atoms with Crippen molar-refractivity contribution in [1.82, 2.24) is 0 Å². The van der Waals surface area contributed by atoms with E-state index in [1.54, 1.807) is 0 Å². The fourth-order valence-corrected chi connectivity index (χ4v) is 3.63. The van der Waals surface area contributed by atoms with Crippen LogP contribution in [0, 0.1) is 0 Å². The van der Waals surface area contributed by atoms with Crippen molar-refractivity contribution in [3.8, 4) is 0 Å². The maximum atomic E-state index is 6.06. The molecule has 0 radical (unpaired) electrons. The SMILES string of the molecule is CN(CCc1ccc(Cl)c(Cl)c1)c1cc2ccccc2s1. The lowest BCUT2D eigenvalue weighted by Crippen LogP contribution is -2.19. The molecule has 1 nitrogen and oxygen atoms in total. The predicted octanol–water partition coefficient (Wildman–Crippen LogP) is 5.89. The number of hydrogen-bond donors (Lipinski definition) is 0. The van der Waals surface area contributed by atoms with Crippen molar-refractivity contribution in [2.24, 2.45) is 0 Å². The zero-order valence-corrected chi connectivity index (χ0v) is 14.0. The van der Waals surface area contributed by atoms with Crippen LogP contribution in [0.3, 0.4) is 0 Å². The number of likely N-dealkylation sites (N-methyl/N-ethyl adjacent to an activating group) is 1. The van der Waals surface area contributed by atoms with Gasteiger partial charge in [-0.3, -0.25) is 0 Å². The molecule has 2 aromatic carbocycles. The number of fused-ring (bicyclic) bond motifs is 1. The van der Waals surface area contributed by atoms with Gasteiger partial charge in [-0.1, -0.05) is 47.5 Å². The van der Waals surface area contributed by atoms with Crippen molar-refractivity contribution in [2.45, 2.75) is 6.42 Å². The normalized spacial score (nSPS) is 11.0. The summed E-state index contributed by atoms with van der Waals surface area (Å²) in [6, 6.07) is 16.6. The Kier molecular flexibility index (Phi) is 4.39. The molecule has 0 spiro atoms. The summed E-state index contributed by atoms with van der Waals surface area (Å²) in [7, 11) is 2.13. The van der Waals surface area contributed by atoms with E-state index in [2.05, 4.69) is 42.3 Å². The van der Waals surface area contributed by atoms with E-state index in [4.69, 9.17) is 23.2 Å². The van der Waals surface area contributed by atoms with Crippen molar-refractivity contribution in [3.05, 3.63) is 64.1 Å². The van der Waals surface area contributed by atoms with Gasteiger partial charge in [0, 0.05) is 18.3 Å². The summed E-state index contributed by atoms with van der Waals surface area (Å²) >= 11 is 13.8. The third kappa shape index (κ3) is 3.34. The molecular formula is C17H15Cl2NS. The van der Waals surface area contributed by atoms with Crippen LogP contribution < -0.4 is 4.90 Å². The summed E-state index contributed by atoms with van der Waals surface area (Å²) < 4.78 is 1.33. The third-order valence-corrected chi connectivity index (χ3v) is 5.48. The van der Waals surface area contributed by atoms with Gasteiger partial charge in [0.2, 0.25) is 0 Å². The number of halogens is 2. The molecule has 1 aromatic heterocycles. The van der Waals surface area contributed by atoms with Crippen LogP contribution in [0.15, 0.2) is 48.5 Å². The van der Waals surface area contributed by atoms with E-state index in [1.165, 1.54) is 20.7 Å². The van der Waals surface area contributed by atoms with Crippen LogP contribution >= 0.6 is 34.5 Å². The van der Waals surface area contributed by atoms with Crippen molar-refractivity contribution >= 4 is 49.6 Å². The van der Waals surface area contributed by atoms with Gasteiger partial charge in [-0.05, 0) is 41.6 Å². The molecule has 3 rings (SSSR count). The van der Waals surface area contributed by atoms with Gasteiger partial charge in [0.15, 0.2) is 0 Å². The standard InChI is InChI=1S/C17H15Cl2NS/c1-20(9-8-12-6-7-14(18)15(19)10-12)17-11-13-4-2-3-5-16(13)21-17/h2-7,10-11H,8-9H2,1H3. The first-order valence-electron chi connectivity index (χ1n) is 6.77. The summed E-state index contributed by atoms with van der Waals surface area (Å²) in [6.45, 7) is 0.949. The van der Waals surface area contributed by atoms with E-state index in [0.29, 0.717) is 10.0 Å². The van der Waals surface area contributed by atoms with E-state index in [0.717, 1.165) is 13.0 Å². The topological polar surface area (TPSA) is 3.24 Å². The Morgan fingerprint density at radius 3 is 2.57 bits per heavy atom. The van der Waals surface area contributed by atoms with Gasteiger partial charge in [-0.2, -0.15) is 0 Å². The van der Waals surface area contributed by atoms with Gasteiger partial charge in [0.1, 0.15) is 0 Å². The summed E-state index contributed by atoms with van der Waals surface area (Å²) in [5.41, 5.74) is 1.21. The zero-order chi connectivity index (χ0) is 14.8. The first-order valence-corrected chi connectivity index (χ1v) is 8.34. The fourth-order valence-electron chi connectivity index (χ4n) is 2.26. The second-order valence-corrected chi connectivity index (χ2v) is 6.92. The monoisotopic (exact) mass is 335 g/mol. The first kappa shape index (κ1) is 14.7. The van der Waals surface area contributed by atoms with Crippen molar-refractivity contribution in [2.75, 3.05) is 18.5 Å². The molecule has 0 bridgehead atoms. The van der Waals surface area contributed by atoms with Gasteiger partial charge in [-0.25, -0.2) is 0 Å². The summed E-state index contributed by atoms with van der Waals surface area (Å²) in [6.07, 6.45) is 0.946. The first-order chi connectivity index (χ1) is 10.1. The summed E-state index contributed by atoms with van der Waals surface area (Å²) in [4.78, 5) is 2.28. The number of nitrogens with zero attached hydrogens (tertiary/aromatic N) is 1. The lowest BCUT2D eigenvalue weighted by Gasteiger charge is -2.17. The largest absolute Gasteiger partial charge is 0.366 e. The Bertz CT molecular complexity index is 733. The zero-order valence-electron chi connectivity index (χ0n) is 11.6. The Morgan fingerprint density at radius 1 is 1.00 bits per heavy atom. The van der Waals surface area contributed by atoms with Crippen molar-refractivity contribution in [3.63, 3.8) is 0 Å². The van der Waals surface area contributed by atoms with Crippen LogP contribution in [-0.2, 0) is 6.42 Å².